The first-order valence-electron chi connectivity index (χ1n) is 9.08. The van der Waals surface area contributed by atoms with Gasteiger partial charge in [-0.2, -0.15) is 4.31 Å². The molecule has 144 valence electrons. The van der Waals surface area contributed by atoms with Gasteiger partial charge in [0.25, 0.3) is 0 Å². The van der Waals surface area contributed by atoms with E-state index >= 15 is 0 Å². The summed E-state index contributed by atoms with van der Waals surface area (Å²) in [7, 11) is -1.94. The number of ketones is 1. The number of sulfonamides is 1. The predicted molar refractivity (Wildman–Crippen MR) is 105 cm³/mol. The number of hydrogen-bond donors (Lipinski definition) is 0. The summed E-state index contributed by atoms with van der Waals surface area (Å²) < 4.78 is 32.5. The van der Waals surface area contributed by atoms with Crippen molar-refractivity contribution in [3.63, 3.8) is 0 Å². The number of hydrogen-bond acceptors (Lipinski definition) is 4. The van der Waals surface area contributed by atoms with Crippen molar-refractivity contribution in [2.45, 2.75) is 31.6 Å². The Morgan fingerprint density at radius 2 is 1.67 bits per heavy atom. The highest BCUT2D eigenvalue weighted by atomic mass is 32.2. The number of methoxy groups -OCH3 is 1. The second-order valence-electron chi connectivity index (χ2n) is 7.04. The van der Waals surface area contributed by atoms with Gasteiger partial charge in [0.2, 0.25) is 10.0 Å². The molecular weight excluding hydrogens is 362 g/mol. The Bertz CT molecular complexity index is 927. The largest absolute Gasteiger partial charge is 0.497 e. The van der Waals surface area contributed by atoms with Crippen molar-refractivity contribution in [2.24, 2.45) is 5.92 Å². The maximum Gasteiger partial charge on any atom is 0.243 e. The topological polar surface area (TPSA) is 63.7 Å². The molecule has 1 heterocycles. The van der Waals surface area contributed by atoms with Crippen LogP contribution in [0.1, 0.15) is 34.3 Å². The van der Waals surface area contributed by atoms with Crippen LogP contribution >= 0.6 is 0 Å². The van der Waals surface area contributed by atoms with Crippen molar-refractivity contribution in [2.75, 3.05) is 20.2 Å². The number of carbonyl (C=O) groups is 1. The van der Waals surface area contributed by atoms with Gasteiger partial charge < -0.3 is 4.74 Å². The second-order valence-corrected chi connectivity index (χ2v) is 8.95. The number of rotatable bonds is 5. The molecule has 0 N–H and O–H groups in total. The third kappa shape index (κ3) is 4.06. The van der Waals surface area contributed by atoms with E-state index in [0.29, 0.717) is 42.1 Å². The molecule has 2 aromatic carbocycles. The zero-order valence-corrected chi connectivity index (χ0v) is 16.8. The fraction of sp³-hybridized carbons (Fsp3) is 0.381. The Labute approximate surface area is 161 Å². The summed E-state index contributed by atoms with van der Waals surface area (Å²) in [6.07, 6.45) is 1.07. The van der Waals surface area contributed by atoms with Crippen LogP contribution in [0.4, 0.5) is 0 Å². The van der Waals surface area contributed by atoms with Gasteiger partial charge in [-0.25, -0.2) is 8.42 Å². The highest BCUT2D eigenvalue weighted by Crippen LogP contribution is 2.28. The molecule has 5 nitrogen and oxygen atoms in total. The third-order valence-electron chi connectivity index (χ3n) is 5.15. The van der Waals surface area contributed by atoms with E-state index in [-0.39, 0.29) is 11.7 Å². The Hall–Kier alpha value is -2.18. The molecule has 0 atom stereocenters. The fourth-order valence-electron chi connectivity index (χ4n) is 3.58. The van der Waals surface area contributed by atoms with Gasteiger partial charge in [0.15, 0.2) is 5.78 Å². The van der Waals surface area contributed by atoms with Gasteiger partial charge in [0.05, 0.1) is 12.0 Å². The Morgan fingerprint density at radius 3 is 2.22 bits per heavy atom. The zero-order valence-electron chi connectivity index (χ0n) is 15.9. The van der Waals surface area contributed by atoms with E-state index < -0.39 is 10.0 Å². The van der Waals surface area contributed by atoms with E-state index in [1.54, 1.807) is 37.4 Å². The highest BCUT2D eigenvalue weighted by molar-refractivity contribution is 7.89. The first kappa shape index (κ1) is 19.6. The molecule has 0 bridgehead atoms. The molecule has 0 aromatic heterocycles. The van der Waals surface area contributed by atoms with Gasteiger partial charge >= 0.3 is 0 Å². The van der Waals surface area contributed by atoms with Crippen LogP contribution in [0, 0.1) is 19.8 Å². The van der Waals surface area contributed by atoms with E-state index in [1.807, 2.05) is 26.0 Å². The van der Waals surface area contributed by atoms with Crippen LogP contribution in [0.2, 0.25) is 0 Å². The van der Waals surface area contributed by atoms with Crippen LogP contribution in [0.5, 0.6) is 5.75 Å². The van der Waals surface area contributed by atoms with Crippen molar-refractivity contribution < 1.29 is 17.9 Å². The number of ether oxygens (including phenoxy) is 1. The molecule has 0 radical (unpaired) electrons. The van der Waals surface area contributed by atoms with Crippen molar-refractivity contribution in [3.8, 4) is 5.75 Å². The zero-order chi connectivity index (χ0) is 19.6. The Kier molecular flexibility index (Phi) is 5.67. The van der Waals surface area contributed by atoms with Crippen LogP contribution in [0.3, 0.4) is 0 Å². The summed E-state index contributed by atoms with van der Waals surface area (Å²) in [5.74, 6) is 0.631. The molecule has 0 aliphatic carbocycles. The van der Waals surface area contributed by atoms with Gasteiger partial charge in [0.1, 0.15) is 5.75 Å². The predicted octanol–water partition coefficient (Wildman–Crippen LogP) is 3.60. The molecule has 0 spiro atoms. The summed E-state index contributed by atoms with van der Waals surface area (Å²) in [6, 6.07) is 12.4. The van der Waals surface area contributed by atoms with Crippen molar-refractivity contribution in [1.29, 1.82) is 0 Å². The summed E-state index contributed by atoms with van der Waals surface area (Å²) in [5, 5.41) is 0. The van der Waals surface area contributed by atoms with E-state index in [1.165, 1.54) is 4.31 Å². The lowest BCUT2D eigenvalue weighted by molar-refractivity contribution is 0.0875. The molecule has 1 fully saturated rings. The third-order valence-corrected chi connectivity index (χ3v) is 7.21. The number of nitrogens with zero attached hydrogens (tertiary/aromatic N) is 1. The van der Waals surface area contributed by atoms with Gasteiger partial charge in [-0.3, -0.25) is 4.79 Å². The van der Waals surface area contributed by atoms with Crippen LogP contribution < -0.4 is 4.74 Å². The van der Waals surface area contributed by atoms with Gasteiger partial charge in [-0.05, 0) is 62.6 Å². The summed E-state index contributed by atoms with van der Waals surface area (Å²) in [5.41, 5.74) is 2.44. The lowest BCUT2D eigenvalue weighted by Gasteiger charge is -2.31. The number of piperidine rings is 1. The minimum atomic E-state index is -3.53. The molecule has 0 saturated carbocycles. The standard InChI is InChI=1S/C21H25NO4S/c1-15-4-9-20(16(2)14-15)27(24,25)22-12-10-18(11-13-22)21(23)17-5-7-19(26-3)8-6-17/h4-9,14,18H,10-13H2,1-3H3. The van der Waals surface area contributed by atoms with Crippen molar-refractivity contribution in [3.05, 3.63) is 59.2 Å². The monoisotopic (exact) mass is 387 g/mol. The van der Waals surface area contributed by atoms with E-state index in [9.17, 15) is 13.2 Å². The molecule has 1 aliphatic rings. The van der Waals surface area contributed by atoms with E-state index in [2.05, 4.69) is 0 Å². The summed E-state index contributed by atoms with van der Waals surface area (Å²) in [6.45, 7) is 4.49. The average molecular weight is 388 g/mol. The number of aryl methyl sites for hydroxylation is 2. The second kappa shape index (κ2) is 7.82. The molecule has 6 heteroatoms. The lowest BCUT2D eigenvalue weighted by atomic mass is 9.89. The van der Waals surface area contributed by atoms with Crippen LogP contribution in [0.25, 0.3) is 0 Å². The van der Waals surface area contributed by atoms with Crippen molar-refractivity contribution >= 4 is 15.8 Å². The van der Waals surface area contributed by atoms with Crippen LogP contribution in [-0.2, 0) is 10.0 Å². The molecule has 2 aromatic rings. The molecule has 0 amide bonds. The maximum atomic E-state index is 13.0. The fourth-order valence-corrected chi connectivity index (χ4v) is 5.25. The minimum Gasteiger partial charge on any atom is -0.497 e. The van der Waals surface area contributed by atoms with Gasteiger partial charge in [-0.1, -0.05) is 17.7 Å². The molecule has 1 aliphatic heterocycles. The summed E-state index contributed by atoms with van der Waals surface area (Å²) in [4.78, 5) is 13.1. The minimum absolute atomic E-state index is 0.0706. The average Bonchev–Trinajstić information content (AvgIpc) is 2.67. The quantitative estimate of drug-likeness (QED) is 0.736. The molecule has 0 unspecified atom stereocenters. The van der Waals surface area contributed by atoms with Crippen LogP contribution in [0.15, 0.2) is 47.4 Å². The highest BCUT2D eigenvalue weighted by Gasteiger charge is 2.33. The Morgan fingerprint density at radius 1 is 1.04 bits per heavy atom. The first-order valence-corrected chi connectivity index (χ1v) is 10.5. The molecule has 3 rings (SSSR count). The SMILES string of the molecule is COc1ccc(C(=O)C2CCN(S(=O)(=O)c3ccc(C)cc3C)CC2)cc1. The van der Waals surface area contributed by atoms with E-state index in [4.69, 9.17) is 4.74 Å². The number of benzene rings is 2. The van der Waals surface area contributed by atoms with Crippen molar-refractivity contribution in [1.82, 2.24) is 4.31 Å². The normalized spacial score (nSPS) is 16.3. The summed E-state index contributed by atoms with van der Waals surface area (Å²) >= 11 is 0. The number of Topliss-reactive ketones (excluding diaryl/α,β-unsaturated/α-hetero) is 1. The van der Waals surface area contributed by atoms with E-state index in [0.717, 1.165) is 11.1 Å². The van der Waals surface area contributed by atoms with Crippen LogP contribution in [-0.4, -0.2) is 38.7 Å². The van der Waals surface area contributed by atoms with Gasteiger partial charge in [0, 0.05) is 24.6 Å². The molecular formula is C21H25NO4S. The molecule has 27 heavy (non-hydrogen) atoms. The smallest absolute Gasteiger partial charge is 0.243 e. The Balaban J connectivity index is 1.69. The molecule has 1 saturated heterocycles. The number of carbonyl (C=O) groups excluding carboxylic acids is 1. The lowest BCUT2D eigenvalue weighted by Crippen LogP contribution is -2.40. The maximum absolute atomic E-state index is 13.0. The van der Waals surface area contributed by atoms with Gasteiger partial charge in [-0.15, -0.1) is 0 Å². The first-order chi connectivity index (χ1) is 12.8.